The lowest BCUT2D eigenvalue weighted by Gasteiger charge is -2.29. The molecule has 4 nitrogen and oxygen atoms in total. The summed E-state index contributed by atoms with van der Waals surface area (Å²) in [7, 11) is 0. The molecule has 0 saturated carbocycles. The van der Waals surface area contributed by atoms with E-state index in [2.05, 4.69) is 19.2 Å². The van der Waals surface area contributed by atoms with Gasteiger partial charge in [0.05, 0.1) is 6.61 Å². The van der Waals surface area contributed by atoms with Crippen molar-refractivity contribution in [2.24, 2.45) is 11.8 Å². The fraction of sp³-hybridized carbons (Fsp3) is 0.923. The van der Waals surface area contributed by atoms with Crippen molar-refractivity contribution in [1.82, 2.24) is 10.2 Å². The van der Waals surface area contributed by atoms with Crippen LogP contribution >= 0.6 is 0 Å². The van der Waals surface area contributed by atoms with Crippen LogP contribution in [-0.2, 0) is 4.74 Å². The van der Waals surface area contributed by atoms with Crippen LogP contribution in [0.1, 0.15) is 33.6 Å². The Morgan fingerprint density at radius 1 is 1.53 bits per heavy atom. The van der Waals surface area contributed by atoms with Crippen molar-refractivity contribution < 1.29 is 9.53 Å². The number of nitrogens with one attached hydrogen (secondary N) is 1. The van der Waals surface area contributed by atoms with Gasteiger partial charge in [0.1, 0.15) is 0 Å². The van der Waals surface area contributed by atoms with Gasteiger partial charge in [-0.25, -0.2) is 4.79 Å². The molecule has 1 atom stereocenters. The van der Waals surface area contributed by atoms with Crippen molar-refractivity contribution in [2.45, 2.75) is 33.6 Å². The van der Waals surface area contributed by atoms with Crippen LogP contribution < -0.4 is 5.32 Å². The van der Waals surface area contributed by atoms with Gasteiger partial charge in [-0.15, -0.1) is 0 Å². The Balaban J connectivity index is 2.32. The third-order valence-corrected chi connectivity index (χ3v) is 3.06. The summed E-state index contributed by atoms with van der Waals surface area (Å²) in [5.74, 6) is 0.976. The Morgan fingerprint density at radius 3 is 2.82 bits per heavy atom. The summed E-state index contributed by atoms with van der Waals surface area (Å²) in [6.45, 7) is 10.3. The Hall–Kier alpha value is -0.770. The van der Waals surface area contributed by atoms with Crippen molar-refractivity contribution in [3.8, 4) is 0 Å². The van der Waals surface area contributed by atoms with Crippen molar-refractivity contribution in [3.05, 3.63) is 0 Å². The van der Waals surface area contributed by atoms with Crippen LogP contribution in [0.2, 0.25) is 0 Å². The fourth-order valence-corrected chi connectivity index (χ4v) is 2.05. The molecule has 1 aliphatic heterocycles. The van der Waals surface area contributed by atoms with Crippen molar-refractivity contribution >= 4 is 6.09 Å². The van der Waals surface area contributed by atoms with Gasteiger partial charge in [-0.1, -0.05) is 13.8 Å². The third kappa shape index (κ3) is 5.39. The fourth-order valence-electron chi connectivity index (χ4n) is 2.05. The van der Waals surface area contributed by atoms with Crippen molar-refractivity contribution in [2.75, 3.05) is 32.8 Å². The number of hydrogen-bond donors (Lipinski definition) is 1. The third-order valence-electron chi connectivity index (χ3n) is 3.06. The molecule has 0 aliphatic carbocycles. The van der Waals surface area contributed by atoms with Crippen LogP contribution in [0.25, 0.3) is 0 Å². The SMILES string of the molecule is CCN(CC1CCCNC1)C(=O)OCC(C)C. The highest BCUT2D eigenvalue weighted by Crippen LogP contribution is 2.12. The first-order chi connectivity index (χ1) is 8.13. The molecule has 0 aromatic carbocycles. The topological polar surface area (TPSA) is 41.6 Å². The van der Waals surface area contributed by atoms with Crippen LogP contribution in [0.4, 0.5) is 4.79 Å². The lowest BCUT2D eigenvalue weighted by atomic mass is 9.99. The quantitative estimate of drug-likeness (QED) is 0.802. The highest BCUT2D eigenvalue weighted by atomic mass is 16.6. The smallest absolute Gasteiger partial charge is 0.409 e. The number of piperidine rings is 1. The average molecular weight is 242 g/mol. The van der Waals surface area contributed by atoms with Gasteiger partial charge in [-0.2, -0.15) is 0 Å². The van der Waals surface area contributed by atoms with Crippen molar-refractivity contribution in [1.29, 1.82) is 0 Å². The summed E-state index contributed by atoms with van der Waals surface area (Å²) in [5, 5.41) is 3.37. The van der Waals surface area contributed by atoms with Gasteiger partial charge in [0.15, 0.2) is 0 Å². The van der Waals surface area contributed by atoms with E-state index in [0.29, 0.717) is 18.4 Å². The van der Waals surface area contributed by atoms with E-state index in [0.717, 1.165) is 26.2 Å². The van der Waals surface area contributed by atoms with Crippen LogP contribution in [-0.4, -0.2) is 43.8 Å². The van der Waals surface area contributed by atoms with Gasteiger partial charge in [0, 0.05) is 13.1 Å². The minimum atomic E-state index is -0.160. The first-order valence-electron chi connectivity index (χ1n) is 6.75. The van der Waals surface area contributed by atoms with Crippen LogP contribution in [0.15, 0.2) is 0 Å². The molecule has 1 amide bonds. The second-order valence-corrected chi connectivity index (χ2v) is 5.22. The minimum Gasteiger partial charge on any atom is -0.449 e. The predicted molar refractivity (Wildman–Crippen MR) is 69.0 cm³/mol. The summed E-state index contributed by atoms with van der Waals surface area (Å²) in [6.07, 6.45) is 2.26. The largest absolute Gasteiger partial charge is 0.449 e. The molecule has 100 valence electrons. The van der Waals surface area contributed by atoms with Gasteiger partial charge in [-0.3, -0.25) is 0 Å². The zero-order valence-electron chi connectivity index (χ0n) is 11.4. The zero-order valence-corrected chi connectivity index (χ0v) is 11.4. The first-order valence-corrected chi connectivity index (χ1v) is 6.75. The number of amides is 1. The molecule has 1 N–H and O–H groups in total. The van der Waals surface area contributed by atoms with E-state index in [4.69, 9.17) is 4.74 Å². The molecule has 0 bridgehead atoms. The Labute approximate surface area is 105 Å². The number of ether oxygens (including phenoxy) is 1. The Kier molecular flexibility index (Phi) is 6.34. The first kappa shape index (κ1) is 14.3. The zero-order chi connectivity index (χ0) is 12.7. The Bertz CT molecular complexity index is 225. The number of carbonyl (C=O) groups excluding carboxylic acids is 1. The molecule has 1 rings (SSSR count). The summed E-state index contributed by atoms with van der Waals surface area (Å²) in [4.78, 5) is 13.7. The molecule has 1 unspecified atom stereocenters. The lowest BCUT2D eigenvalue weighted by molar-refractivity contribution is 0.0864. The number of hydrogen-bond acceptors (Lipinski definition) is 3. The van der Waals surface area contributed by atoms with Crippen LogP contribution in [0.5, 0.6) is 0 Å². The second-order valence-electron chi connectivity index (χ2n) is 5.22. The molecule has 0 aromatic rings. The molecule has 1 saturated heterocycles. The second kappa shape index (κ2) is 7.54. The lowest BCUT2D eigenvalue weighted by Crippen LogP contribution is -2.41. The van der Waals surface area contributed by atoms with Crippen LogP contribution in [0.3, 0.4) is 0 Å². The molecular weight excluding hydrogens is 216 g/mol. The highest BCUT2D eigenvalue weighted by molar-refractivity contribution is 5.67. The molecule has 4 heteroatoms. The predicted octanol–water partition coefficient (Wildman–Crippen LogP) is 2.10. The van der Waals surface area contributed by atoms with E-state index in [9.17, 15) is 4.79 Å². The monoisotopic (exact) mass is 242 g/mol. The highest BCUT2D eigenvalue weighted by Gasteiger charge is 2.20. The summed E-state index contributed by atoms with van der Waals surface area (Å²) >= 11 is 0. The average Bonchev–Trinajstić information content (AvgIpc) is 2.34. The molecule has 1 heterocycles. The number of rotatable bonds is 5. The molecule has 0 spiro atoms. The molecule has 0 aromatic heterocycles. The van der Waals surface area contributed by atoms with E-state index in [1.54, 1.807) is 0 Å². The van der Waals surface area contributed by atoms with E-state index in [-0.39, 0.29) is 6.09 Å². The molecule has 0 radical (unpaired) electrons. The van der Waals surface area contributed by atoms with Crippen LogP contribution in [0, 0.1) is 11.8 Å². The van der Waals surface area contributed by atoms with Gasteiger partial charge < -0.3 is 15.0 Å². The molecule has 17 heavy (non-hydrogen) atoms. The standard InChI is InChI=1S/C13H26N2O2/c1-4-15(13(16)17-10-11(2)3)9-12-6-5-7-14-8-12/h11-12,14H,4-10H2,1-3H3. The van der Waals surface area contributed by atoms with E-state index < -0.39 is 0 Å². The minimum absolute atomic E-state index is 0.160. The van der Waals surface area contributed by atoms with Gasteiger partial charge in [0.25, 0.3) is 0 Å². The van der Waals surface area contributed by atoms with Gasteiger partial charge in [0.2, 0.25) is 0 Å². The van der Waals surface area contributed by atoms with Gasteiger partial charge >= 0.3 is 6.09 Å². The normalized spacial score (nSPS) is 20.4. The maximum absolute atomic E-state index is 11.8. The maximum atomic E-state index is 11.8. The van der Waals surface area contributed by atoms with E-state index in [1.165, 1.54) is 12.8 Å². The van der Waals surface area contributed by atoms with Crippen molar-refractivity contribution in [3.63, 3.8) is 0 Å². The number of carbonyl (C=O) groups is 1. The Morgan fingerprint density at radius 2 is 2.29 bits per heavy atom. The summed E-state index contributed by atoms with van der Waals surface area (Å²) in [5.41, 5.74) is 0. The number of nitrogens with zero attached hydrogens (tertiary/aromatic N) is 1. The maximum Gasteiger partial charge on any atom is 0.409 e. The molecular formula is C13H26N2O2. The molecule has 1 fully saturated rings. The van der Waals surface area contributed by atoms with E-state index >= 15 is 0 Å². The van der Waals surface area contributed by atoms with E-state index in [1.807, 2.05) is 11.8 Å². The molecule has 1 aliphatic rings. The summed E-state index contributed by atoms with van der Waals surface area (Å²) in [6, 6.07) is 0. The van der Waals surface area contributed by atoms with Gasteiger partial charge in [-0.05, 0) is 44.7 Å². The summed E-state index contributed by atoms with van der Waals surface area (Å²) < 4.78 is 5.26.